The number of ether oxygens (including phenoxy) is 5. The van der Waals surface area contributed by atoms with Gasteiger partial charge in [0, 0.05) is 40.0 Å². The quantitative estimate of drug-likeness (QED) is 0.286. The highest BCUT2D eigenvalue weighted by Gasteiger charge is 2.07. The first-order chi connectivity index (χ1) is 12.1. The normalized spacial score (nSPS) is 12.1. The highest BCUT2D eigenvalue weighted by molar-refractivity contribution is 5.84. The van der Waals surface area contributed by atoms with Gasteiger partial charge >= 0.3 is 0 Å². The fraction of sp³-hybridized carbons (Fsp3) is 0.882. The second-order valence-electron chi connectivity index (χ2n) is 5.46. The second-order valence-corrected chi connectivity index (χ2v) is 5.46. The Bertz CT molecular complexity index is 339. The molecule has 0 saturated carbocycles. The Hall–Kier alpha value is -1.06. The molecule has 148 valence electrons. The molecule has 0 bridgehead atoms. The van der Waals surface area contributed by atoms with Gasteiger partial charge in [0.1, 0.15) is 18.7 Å². The van der Waals surface area contributed by atoms with E-state index in [1.807, 2.05) is 6.92 Å². The summed E-state index contributed by atoms with van der Waals surface area (Å²) in [5.74, 6) is -0.00492. The molecular formula is C17H33NO7. The van der Waals surface area contributed by atoms with E-state index in [9.17, 15) is 9.59 Å². The minimum absolute atomic E-state index is 0.0814. The van der Waals surface area contributed by atoms with Gasteiger partial charge in [-0.25, -0.2) is 0 Å². The van der Waals surface area contributed by atoms with E-state index in [1.165, 1.54) is 0 Å². The maximum absolute atomic E-state index is 11.5. The average molecular weight is 363 g/mol. The summed E-state index contributed by atoms with van der Waals surface area (Å²) in [5, 5.41) is 2.70. The third kappa shape index (κ3) is 16.2. The lowest BCUT2D eigenvalue weighted by Crippen LogP contribution is -2.28. The summed E-state index contributed by atoms with van der Waals surface area (Å²) in [7, 11) is 3.22. The molecule has 8 nitrogen and oxygen atoms in total. The van der Waals surface area contributed by atoms with Crippen LogP contribution in [0.25, 0.3) is 0 Å². The number of Topliss-reactive ketones (excluding diaryl/α,β-unsaturated/α-hetero) is 1. The molecule has 0 fully saturated rings. The molecule has 8 heteroatoms. The molecule has 0 saturated heterocycles. The number of carbonyl (C=O) groups is 2. The smallest absolute Gasteiger partial charge is 0.220 e. The van der Waals surface area contributed by atoms with Crippen LogP contribution in [0.2, 0.25) is 0 Å². The molecule has 0 spiro atoms. The van der Waals surface area contributed by atoms with Crippen molar-refractivity contribution >= 4 is 11.7 Å². The number of hydrogen-bond donors (Lipinski definition) is 1. The Morgan fingerprint density at radius 3 is 2.32 bits per heavy atom. The van der Waals surface area contributed by atoms with E-state index in [0.29, 0.717) is 52.4 Å². The largest absolute Gasteiger partial charge is 0.382 e. The number of rotatable bonds is 18. The van der Waals surface area contributed by atoms with Gasteiger partial charge in [-0.05, 0) is 6.42 Å². The highest BCUT2D eigenvalue weighted by Crippen LogP contribution is 1.98. The Labute approximate surface area is 150 Å². The maximum Gasteiger partial charge on any atom is 0.220 e. The van der Waals surface area contributed by atoms with Gasteiger partial charge in [0.25, 0.3) is 0 Å². The maximum atomic E-state index is 11.5. The van der Waals surface area contributed by atoms with Crippen LogP contribution in [-0.2, 0) is 33.3 Å². The molecule has 0 aliphatic rings. The number of hydrogen-bond acceptors (Lipinski definition) is 7. The third-order valence-corrected chi connectivity index (χ3v) is 3.26. The number of methoxy groups -OCH3 is 2. The first kappa shape index (κ1) is 23.9. The average Bonchev–Trinajstić information content (AvgIpc) is 2.60. The van der Waals surface area contributed by atoms with Gasteiger partial charge in [-0.15, -0.1) is 0 Å². The first-order valence-electron chi connectivity index (χ1n) is 8.67. The fourth-order valence-electron chi connectivity index (χ4n) is 1.89. The summed E-state index contributed by atoms with van der Waals surface area (Å²) in [5.41, 5.74) is 0. The number of carbonyl (C=O) groups excluding carboxylic acids is 2. The zero-order valence-electron chi connectivity index (χ0n) is 15.7. The molecule has 1 N–H and O–H groups in total. The zero-order chi connectivity index (χ0) is 18.8. The van der Waals surface area contributed by atoms with Gasteiger partial charge in [0.05, 0.1) is 33.0 Å². The van der Waals surface area contributed by atoms with Crippen molar-refractivity contribution in [2.75, 3.05) is 60.6 Å². The molecule has 0 rings (SSSR count). The van der Waals surface area contributed by atoms with E-state index in [1.54, 1.807) is 14.2 Å². The fourth-order valence-corrected chi connectivity index (χ4v) is 1.89. The molecule has 1 amide bonds. The van der Waals surface area contributed by atoms with Gasteiger partial charge < -0.3 is 29.0 Å². The molecule has 0 aromatic carbocycles. The van der Waals surface area contributed by atoms with E-state index >= 15 is 0 Å². The molecule has 0 aliphatic heterocycles. The molecule has 0 heterocycles. The summed E-state index contributed by atoms with van der Waals surface area (Å²) < 4.78 is 26.0. The molecule has 25 heavy (non-hydrogen) atoms. The molecule has 0 aromatic heterocycles. The van der Waals surface area contributed by atoms with Crippen molar-refractivity contribution in [1.29, 1.82) is 0 Å². The number of nitrogens with one attached hydrogen (secondary N) is 1. The van der Waals surface area contributed by atoms with Crippen molar-refractivity contribution in [1.82, 2.24) is 5.32 Å². The van der Waals surface area contributed by atoms with Crippen molar-refractivity contribution in [2.45, 2.75) is 38.7 Å². The lowest BCUT2D eigenvalue weighted by Gasteiger charge is -2.14. The van der Waals surface area contributed by atoms with Crippen LogP contribution in [-0.4, -0.2) is 78.4 Å². The van der Waals surface area contributed by atoms with E-state index in [4.69, 9.17) is 23.7 Å². The highest BCUT2D eigenvalue weighted by atomic mass is 16.7. The van der Waals surface area contributed by atoms with E-state index in [2.05, 4.69) is 5.32 Å². The van der Waals surface area contributed by atoms with Crippen LogP contribution in [0, 0.1) is 0 Å². The molecule has 0 aromatic rings. The van der Waals surface area contributed by atoms with Gasteiger partial charge in [0.15, 0.2) is 0 Å². The van der Waals surface area contributed by atoms with Crippen molar-refractivity contribution in [3.05, 3.63) is 0 Å². The van der Waals surface area contributed by atoms with Gasteiger partial charge in [0.2, 0.25) is 5.91 Å². The SMILES string of the molecule is CCCC(=O)CCC(=O)NCCOCOCCOCC(COC)OC. The topological polar surface area (TPSA) is 92.3 Å². The summed E-state index contributed by atoms with van der Waals surface area (Å²) in [6.07, 6.45) is 1.81. The predicted octanol–water partition coefficient (Wildman–Crippen LogP) is 0.921. The molecular weight excluding hydrogens is 330 g/mol. The van der Waals surface area contributed by atoms with Crippen LogP contribution in [0.15, 0.2) is 0 Å². The molecule has 0 radical (unpaired) electrons. The van der Waals surface area contributed by atoms with Crippen molar-refractivity contribution in [2.24, 2.45) is 0 Å². The lowest BCUT2D eigenvalue weighted by molar-refractivity contribution is -0.125. The van der Waals surface area contributed by atoms with Crippen LogP contribution in [0.4, 0.5) is 0 Å². The molecule has 0 aliphatic carbocycles. The van der Waals surface area contributed by atoms with Gasteiger partial charge in [-0.2, -0.15) is 0 Å². The Morgan fingerprint density at radius 2 is 1.64 bits per heavy atom. The van der Waals surface area contributed by atoms with E-state index in [-0.39, 0.29) is 31.0 Å². The monoisotopic (exact) mass is 363 g/mol. The van der Waals surface area contributed by atoms with Gasteiger partial charge in [-0.1, -0.05) is 6.92 Å². The van der Waals surface area contributed by atoms with Crippen LogP contribution in [0.5, 0.6) is 0 Å². The van der Waals surface area contributed by atoms with Crippen molar-refractivity contribution < 1.29 is 33.3 Å². The lowest BCUT2D eigenvalue weighted by atomic mass is 10.1. The van der Waals surface area contributed by atoms with E-state index < -0.39 is 0 Å². The summed E-state index contributed by atoms with van der Waals surface area (Å²) in [6, 6.07) is 0. The Kier molecular flexibility index (Phi) is 17.0. The van der Waals surface area contributed by atoms with Crippen LogP contribution >= 0.6 is 0 Å². The number of ketones is 1. The van der Waals surface area contributed by atoms with Crippen molar-refractivity contribution in [3.63, 3.8) is 0 Å². The van der Waals surface area contributed by atoms with Crippen LogP contribution in [0.3, 0.4) is 0 Å². The zero-order valence-corrected chi connectivity index (χ0v) is 15.7. The predicted molar refractivity (Wildman–Crippen MR) is 92.4 cm³/mol. The van der Waals surface area contributed by atoms with Crippen molar-refractivity contribution in [3.8, 4) is 0 Å². The summed E-state index contributed by atoms with van der Waals surface area (Å²) >= 11 is 0. The third-order valence-electron chi connectivity index (χ3n) is 3.26. The minimum atomic E-state index is -0.133. The van der Waals surface area contributed by atoms with E-state index in [0.717, 1.165) is 6.42 Å². The Balaban J connectivity index is 3.33. The molecule has 1 atom stereocenters. The first-order valence-corrected chi connectivity index (χ1v) is 8.67. The van der Waals surface area contributed by atoms with Gasteiger partial charge in [-0.3, -0.25) is 9.59 Å². The van der Waals surface area contributed by atoms with Crippen LogP contribution in [0.1, 0.15) is 32.6 Å². The second kappa shape index (κ2) is 17.8. The minimum Gasteiger partial charge on any atom is -0.382 e. The standard InChI is InChI=1S/C17H33NO7/c1-4-5-15(19)6-7-17(20)18-8-9-24-14-25-11-10-23-13-16(22-3)12-21-2/h16H,4-14H2,1-3H3,(H,18,20). The Morgan fingerprint density at radius 1 is 0.920 bits per heavy atom. The molecule has 1 unspecified atom stereocenters. The summed E-state index contributed by atoms with van der Waals surface area (Å²) in [6.45, 7) is 4.62. The summed E-state index contributed by atoms with van der Waals surface area (Å²) in [4.78, 5) is 22.8. The van der Waals surface area contributed by atoms with Crippen LogP contribution < -0.4 is 5.32 Å². The number of amides is 1.